The van der Waals surface area contributed by atoms with Crippen LogP contribution >= 0.6 is 0 Å². The van der Waals surface area contributed by atoms with Crippen LogP contribution in [0.25, 0.3) is 0 Å². The van der Waals surface area contributed by atoms with E-state index >= 15 is 8.78 Å². The third-order valence-electron chi connectivity index (χ3n) is 6.49. The first-order valence-electron chi connectivity index (χ1n) is 11.6. The van der Waals surface area contributed by atoms with Crippen molar-refractivity contribution < 1.29 is 33.0 Å². The molecule has 8 nitrogen and oxygen atoms in total. The molecule has 0 radical (unpaired) electrons. The van der Waals surface area contributed by atoms with Crippen LogP contribution in [0.3, 0.4) is 0 Å². The normalized spacial score (nSPS) is 20.8. The second-order valence-electron chi connectivity index (χ2n) is 9.46. The number of rotatable bonds is 9. The summed E-state index contributed by atoms with van der Waals surface area (Å²) >= 11 is 0. The Morgan fingerprint density at radius 2 is 2.12 bits per heavy atom. The molecule has 0 unspecified atom stereocenters. The second-order valence-corrected chi connectivity index (χ2v) is 9.46. The highest BCUT2D eigenvalue weighted by Crippen LogP contribution is 2.54. The number of fused-ring (bicyclic) bond motifs is 3. The zero-order valence-corrected chi connectivity index (χ0v) is 20.0. The number of carbonyl (C=O) groups excluding carboxylic acids is 1. The number of amides is 1. The Kier molecular flexibility index (Phi) is 7.67. The van der Waals surface area contributed by atoms with E-state index in [2.05, 4.69) is 16.2 Å². The summed E-state index contributed by atoms with van der Waals surface area (Å²) in [6.45, 7) is 7.23. The van der Waals surface area contributed by atoms with Gasteiger partial charge in [0, 0.05) is 35.9 Å². The molecule has 2 aliphatic rings. The molecule has 0 saturated heterocycles. The van der Waals surface area contributed by atoms with Crippen LogP contribution in [0, 0.1) is 16.0 Å². The molecule has 34 heavy (non-hydrogen) atoms. The Balaban J connectivity index is 2.00. The number of unbranched alkanes of at least 4 members (excludes halogenated alkanes) is 1. The number of hydrogen-bond donors (Lipinski definition) is 1. The molecule has 188 valence electrons. The van der Waals surface area contributed by atoms with Crippen molar-refractivity contribution in [1.29, 1.82) is 0 Å². The van der Waals surface area contributed by atoms with Gasteiger partial charge in [0.2, 0.25) is 0 Å². The van der Waals surface area contributed by atoms with Crippen molar-refractivity contribution in [3.63, 3.8) is 0 Å². The van der Waals surface area contributed by atoms with Crippen LogP contribution in [-0.2, 0) is 10.8 Å². The van der Waals surface area contributed by atoms with E-state index < -0.39 is 22.7 Å². The predicted molar refractivity (Wildman–Crippen MR) is 121 cm³/mol. The van der Waals surface area contributed by atoms with E-state index in [0.717, 1.165) is 12.8 Å². The molecule has 1 aliphatic carbocycles. The van der Waals surface area contributed by atoms with Crippen LogP contribution in [0.5, 0.6) is 11.5 Å². The van der Waals surface area contributed by atoms with Crippen molar-refractivity contribution in [3.8, 4) is 11.5 Å². The van der Waals surface area contributed by atoms with Crippen LogP contribution in [0.15, 0.2) is 23.8 Å². The van der Waals surface area contributed by atoms with E-state index in [4.69, 9.17) is 9.47 Å². The van der Waals surface area contributed by atoms with Gasteiger partial charge in [0.25, 0.3) is 11.0 Å². The van der Waals surface area contributed by atoms with Gasteiger partial charge in [-0.25, -0.2) is 13.6 Å². The summed E-state index contributed by atoms with van der Waals surface area (Å²) < 4.78 is 41.8. The third-order valence-corrected chi connectivity index (χ3v) is 6.49. The molecule has 0 saturated carbocycles. The summed E-state index contributed by atoms with van der Waals surface area (Å²) in [4.78, 5) is 26.9. The van der Waals surface area contributed by atoms with Crippen LogP contribution in [0.4, 0.5) is 13.6 Å². The number of alkyl halides is 2. The molecule has 2 atom stereocenters. The van der Waals surface area contributed by atoms with Gasteiger partial charge in [-0.05, 0) is 52.2 Å². The molecule has 1 aromatic carbocycles. The van der Waals surface area contributed by atoms with Gasteiger partial charge in [-0.15, -0.1) is 10.1 Å². The average molecular weight is 483 g/mol. The fourth-order valence-electron chi connectivity index (χ4n) is 4.75. The Morgan fingerprint density at radius 3 is 2.79 bits per heavy atom. The highest BCUT2D eigenvalue weighted by Gasteiger charge is 2.46. The van der Waals surface area contributed by atoms with Crippen LogP contribution in [-0.4, -0.2) is 29.9 Å². The lowest BCUT2D eigenvalue weighted by Crippen LogP contribution is -2.45. The van der Waals surface area contributed by atoms with Gasteiger partial charge in [0.1, 0.15) is 23.7 Å². The van der Waals surface area contributed by atoms with Crippen molar-refractivity contribution in [2.75, 3.05) is 13.2 Å². The number of halogens is 2. The summed E-state index contributed by atoms with van der Waals surface area (Å²) in [5.41, 5.74) is 0.876. The first kappa shape index (κ1) is 25.7. The van der Waals surface area contributed by atoms with Gasteiger partial charge in [-0.1, -0.05) is 25.0 Å². The van der Waals surface area contributed by atoms with E-state index in [-0.39, 0.29) is 48.5 Å². The lowest BCUT2D eigenvalue weighted by Gasteiger charge is -2.46. The van der Waals surface area contributed by atoms with Gasteiger partial charge < -0.3 is 19.6 Å². The van der Waals surface area contributed by atoms with Crippen molar-refractivity contribution >= 4 is 6.09 Å². The fourth-order valence-corrected chi connectivity index (χ4v) is 4.75. The maximum absolute atomic E-state index is 15.0. The topological polar surface area (TPSA) is 99.9 Å². The van der Waals surface area contributed by atoms with Gasteiger partial charge >= 0.3 is 6.09 Å². The van der Waals surface area contributed by atoms with E-state index in [1.807, 2.05) is 27.7 Å². The Hall–Kier alpha value is -2.91. The molecular formula is C24H32F2N2O6. The third kappa shape index (κ3) is 5.77. The Labute approximate surface area is 197 Å². The zero-order valence-electron chi connectivity index (χ0n) is 20.0. The molecule has 10 heteroatoms. The van der Waals surface area contributed by atoms with Crippen molar-refractivity contribution in [3.05, 3.63) is 45.0 Å². The number of nitrogens with zero attached hydrogens (tertiary/aromatic N) is 1. The smallest absolute Gasteiger partial charge is 0.412 e. The molecule has 0 fully saturated rings. The number of hydrogen-bond acceptors (Lipinski definition) is 6. The van der Waals surface area contributed by atoms with Crippen molar-refractivity contribution in [1.82, 2.24) is 5.32 Å². The second kappa shape index (κ2) is 10.1. The molecular weight excluding hydrogens is 450 g/mol. The maximum atomic E-state index is 15.0. The minimum absolute atomic E-state index is 0.00724. The molecule has 1 heterocycles. The Morgan fingerprint density at radius 1 is 1.38 bits per heavy atom. The lowest BCUT2D eigenvalue weighted by molar-refractivity contribution is -0.757. The molecule has 0 spiro atoms. The highest BCUT2D eigenvalue weighted by molar-refractivity contribution is 5.72. The van der Waals surface area contributed by atoms with E-state index in [9.17, 15) is 14.9 Å². The van der Waals surface area contributed by atoms with E-state index in [1.54, 1.807) is 0 Å². The minimum Gasteiger partial charge on any atom is -0.487 e. The Bertz CT molecular complexity index is 963. The van der Waals surface area contributed by atoms with Gasteiger partial charge in [0.15, 0.2) is 0 Å². The highest BCUT2D eigenvalue weighted by atomic mass is 19.3. The monoisotopic (exact) mass is 482 g/mol. The number of ether oxygens (including phenoxy) is 2. The summed E-state index contributed by atoms with van der Waals surface area (Å²) in [5.74, 6) is -2.92. The minimum atomic E-state index is -3.12. The van der Waals surface area contributed by atoms with E-state index in [0.29, 0.717) is 18.4 Å². The number of carbonyl (C=O) groups is 1. The molecule has 1 aliphatic heterocycles. The van der Waals surface area contributed by atoms with Crippen LogP contribution in [0.1, 0.15) is 76.8 Å². The first-order chi connectivity index (χ1) is 15.9. The summed E-state index contributed by atoms with van der Waals surface area (Å²) in [5, 5.41) is 11.6. The predicted octanol–water partition coefficient (Wildman–Crippen LogP) is 5.88. The first-order valence-corrected chi connectivity index (χ1v) is 11.6. The lowest BCUT2D eigenvalue weighted by atomic mass is 9.68. The molecule has 3 rings (SSSR count). The summed E-state index contributed by atoms with van der Waals surface area (Å²) in [7, 11) is 0. The SMILES string of the molecule is CCCCC(F)(F)c1cc(OC(=O)NCCO[N+](=O)[O-])c2c(c1)OC(C)(C)[C@@H]1CCC(C)=C[C@@H]21. The number of nitrogens with one attached hydrogen (secondary N) is 1. The molecule has 0 aromatic heterocycles. The molecule has 1 aromatic rings. The quantitative estimate of drug-likeness (QED) is 0.204. The molecule has 1 N–H and O–H groups in total. The molecule has 0 bridgehead atoms. The van der Waals surface area contributed by atoms with E-state index in [1.165, 1.54) is 17.7 Å². The van der Waals surface area contributed by atoms with Gasteiger partial charge in [0.05, 0.1) is 0 Å². The summed E-state index contributed by atoms with van der Waals surface area (Å²) in [6, 6.07) is 2.59. The maximum Gasteiger partial charge on any atom is 0.412 e. The van der Waals surface area contributed by atoms with Crippen LogP contribution < -0.4 is 14.8 Å². The fraction of sp³-hybridized carbons (Fsp3) is 0.625. The summed E-state index contributed by atoms with van der Waals surface area (Å²) in [6.07, 6.45) is 3.58. The number of allylic oxidation sites excluding steroid dienone is 2. The largest absolute Gasteiger partial charge is 0.487 e. The van der Waals surface area contributed by atoms with Crippen molar-refractivity contribution in [2.45, 2.75) is 77.2 Å². The van der Waals surface area contributed by atoms with Gasteiger partial charge in [-0.3, -0.25) is 0 Å². The van der Waals surface area contributed by atoms with Crippen molar-refractivity contribution in [2.24, 2.45) is 5.92 Å². The zero-order chi connectivity index (χ0) is 25.1. The number of benzene rings is 1. The van der Waals surface area contributed by atoms with Gasteiger partial charge in [-0.2, -0.15) is 0 Å². The molecule has 1 amide bonds. The standard InChI is InChI=1S/C24H32F2N2O6/c1-5-6-9-24(25,26)16-13-19(33-22(29)27-10-11-32-28(30)31)21-17-12-15(2)7-8-18(17)23(3,4)34-20(21)14-16/h12-14,17-18H,5-11H2,1-4H3,(H,27,29)/t17-,18-/m1/s1. The van der Waals surface area contributed by atoms with Crippen LogP contribution in [0.2, 0.25) is 0 Å². The average Bonchev–Trinajstić information content (AvgIpc) is 2.74.